The number of hydrogen-bond acceptors (Lipinski definition) is 5. The van der Waals surface area contributed by atoms with E-state index in [1.807, 2.05) is 0 Å². The Morgan fingerprint density at radius 2 is 2.22 bits per heavy atom. The third-order valence-electron chi connectivity index (χ3n) is 3.36. The lowest BCUT2D eigenvalue weighted by Crippen LogP contribution is -2.04. The molecule has 0 spiro atoms. The van der Waals surface area contributed by atoms with Crippen molar-refractivity contribution < 1.29 is 13.9 Å². The fraction of sp³-hybridized carbons (Fsp3) is 0.133. The summed E-state index contributed by atoms with van der Waals surface area (Å²) in [4.78, 5) is 19.9. The van der Waals surface area contributed by atoms with Crippen molar-refractivity contribution in [3.05, 3.63) is 47.0 Å². The smallest absolute Gasteiger partial charge is 0.356 e. The van der Waals surface area contributed by atoms with Crippen molar-refractivity contribution in [2.24, 2.45) is 7.05 Å². The Morgan fingerprint density at radius 1 is 1.43 bits per heavy atom. The van der Waals surface area contributed by atoms with Crippen LogP contribution in [0.3, 0.4) is 0 Å². The summed E-state index contributed by atoms with van der Waals surface area (Å²) in [6.45, 7) is 0. The number of benzene rings is 1. The minimum absolute atomic E-state index is 0.133. The highest BCUT2D eigenvalue weighted by atomic mass is 35.5. The normalized spacial score (nSPS) is 10.8. The molecule has 118 valence electrons. The number of methoxy groups -OCH3 is 1. The van der Waals surface area contributed by atoms with Crippen LogP contribution in [0.2, 0.25) is 5.02 Å². The Kier molecular flexibility index (Phi) is 3.87. The van der Waals surface area contributed by atoms with Crippen molar-refractivity contribution in [3.8, 4) is 0 Å². The van der Waals surface area contributed by atoms with Gasteiger partial charge in [-0.3, -0.25) is 0 Å². The first kappa shape index (κ1) is 15.2. The number of fused-ring (bicyclic) bond motifs is 1. The van der Waals surface area contributed by atoms with E-state index in [2.05, 4.69) is 20.0 Å². The quantitative estimate of drug-likeness (QED) is 0.744. The Labute approximate surface area is 135 Å². The third kappa shape index (κ3) is 2.70. The summed E-state index contributed by atoms with van der Waals surface area (Å²) < 4.78 is 20.2. The maximum atomic E-state index is 13.9. The van der Waals surface area contributed by atoms with Crippen LogP contribution in [0.1, 0.15) is 10.5 Å². The van der Waals surface area contributed by atoms with Crippen molar-refractivity contribution in [1.82, 2.24) is 14.5 Å². The zero-order valence-electron chi connectivity index (χ0n) is 12.3. The number of nitrogens with zero attached hydrogens (tertiary/aromatic N) is 3. The number of aryl methyl sites for hydroxylation is 1. The second-order valence-electron chi connectivity index (χ2n) is 4.77. The molecular weight excluding hydrogens is 323 g/mol. The monoisotopic (exact) mass is 334 g/mol. The van der Waals surface area contributed by atoms with Crippen LogP contribution in [0, 0.1) is 5.82 Å². The van der Waals surface area contributed by atoms with Gasteiger partial charge in [0.25, 0.3) is 0 Å². The van der Waals surface area contributed by atoms with Gasteiger partial charge in [-0.1, -0.05) is 17.7 Å². The summed E-state index contributed by atoms with van der Waals surface area (Å²) in [6, 6.07) is 5.90. The van der Waals surface area contributed by atoms with Gasteiger partial charge in [0.15, 0.2) is 5.69 Å². The van der Waals surface area contributed by atoms with Crippen LogP contribution in [0.5, 0.6) is 0 Å². The first-order valence-corrected chi connectivity index (χ1v) is 7.01. The average molecular weight is 335 g/mol. The van der Waals surface area contributed by atoms with E-state index >= 15 is 0 Å². The molecule has 0 unspecified atom stereocenters. The van der Waals surface area contributed by atoms with Gasteiger partial charge in [0.1, 0.15) is 5.82 Å². The molecule has 0 saturated heterocycles. The highest BCUT2D eigenvalue weighted by Crippen LogP contribution is 2.29. The summed E-state index contributed by atoms with van der Waals surface area (Å²) >= 11 is 6.00. The van der Waals surface area contributed by atoms with Gasteiger partial charge in [0.2, 0.25) is 5.95 Å². The van der Waals surface area contributed by atoms with Gasteiger partial charge in [0, 0.05) is 7.05 Å². The number of imidazole rings is 1. The molecule has 0 atom stereocenters. The van der Waals surface area contributed by atoms with Gasteiger partial charge in [-0.05, 0) is 18.2 Å². The van der Waals surface area contributed by atoms with E-state index in [1.54, 1.807) is 17.7 Å². The van der Waals surface area contributed by atoms with Crippen molar-refractivity contribution in [1.29, 1.82) is 0 Å². The van der Waals surface area contributed by atoms with E-state index in [0.29, 0.717) is 17.0 Å². The molecule has 0 aliphatic carbocycles. The van der Waals surface area contributed by atoms with Gasteiger partial charge in [-0.2, -0.15) is 0 Å². The summed E-state index contributed by atoms with van der Waals surface area (Å²) in [5, 5.41) is 3.10. The molecule has 0 radical (unpaired) electrons. The molecular formula is C15H12ClFN4O2. The van der Waals surface area contributed by atoms with Gasteiger partial charge in [-0.15, -0.1) is 0 Å². The van der Waals surface area contributed by atoms with Crippen LogP contribution < -0.4 is 5.32 Å². The van der Waals surface area contributed by atoms with Crippen molar-refractivity contribution >= 4 is 40.2 Å². The SMILES string of the molecule is COC(=O)c1cc2nc(Nc3c(F)cccc3Cl)n(C)c2cn1. The van der Waals surface area contributed by atoms with Crippen LogP contribution in [0.25, 0.3) is 11.0 Å². The molecule has 2 heterocycles. The van der Waals surface area contributed by atoms with Gasteiger partial charge in [0.05, 0.1) is 35.1 Å². The Hall–Kier alpha value is -2.67. The molecule has 1 aromatic carbocycles. The lowest BCUT2D eigenvalue weighted by Gasteiger charge is -2.08. The molecule has 3 aromatic rings. The van der Waals surface area contributed by atoms with E-state index in [1.165, 1.54) is 31.5 Å². The van der Waals surface area contributed by atoms with Crippen LogP contribution in [-0.4, -0.2) is 27.6 Å². The number of para-hydroxylation sites is 1. The Bertz CT molecular complexity index is 890. The van der Waals surface area contributed by atoms with Gasteiger partial charge in [-0.25, -0.2) is 19.2 Å². The van der Waals surface area contributed by atoms with Crippen molar-refractivity contribution in [2.75, 3.05) is 12.4 Å². The number of nitrogens with one attached hydrogen (secondary N) is 1. The van der Waals surface area contributed by atoms with Crippen LogP contribution in [0.15, 0.2) is 30.5 Å². The number of halogens is 2. The lowest BCUT2D eigenvalue weighted by atomic mass is 10.3. The summed E-state index contributed by atoms with van der Waals surface area (Å²) in [5.74, 6) is -0.669. The highest BCUT2D eigenvalue weighted by molar-refractivity contribution is 6.33. The molecule has 0 saturated carbocycles. The summed E-state index contributed by atoms with van der Waals surface area (Å²) in [6.07, 6.45) is 1.50. The first-order valence-electron chi connectivity index (χ1n) is 6.63. The second kappa shape index (κ2) is 5.85. The van der Waals surface area contributed by atoms with E-state index in [0.717, 1.165) is 0 Å². The van der Waals surface area contributed by atoms with Crippen molar-refractivity contribution in [3.63, 3.8) is 0 Å². The number of carbonyl (C=O) groups excluding carboxylic acids is 1. The molecule has 0 aliphatic rings. The number of aromatic nitrogens is 3. The summed E-state index contributed by atoms with van der Waals surface area (Å²) in [7, 11) is 3.02. The van der Waals surface area contributed by atoms with Gasteiger partial charge < -0.3 is 14.6 Å². The number of anilines is 2. The minimum atomic E-state index is -0.552. The molecule has 2 aromatic heterocycles. The largest absolute Gasteiger partial charge is 0.464 e. The average Bonchev–Trinajstić information content (AvgIpc) is 2.86. The molecule has 0 bridgehead atoms. The number of carbonyl (C=O) groups is 1. The topological polar surface area (TPSA) is 69.0 Å². The van der Waals surface area contributed by atoms with Crippen molar-refractivity contribution in [2.45, 2.75) is 0 Å². The first-order chi connectivity index (χ1) is 11.0. The van der Waals surface area contributed by atoms with Gasteiger partial charge >= 0.3 is 5.97 Å². The highest BCUT2D eigenvalue weighted by Gasteiger charge is 2.15. The molecule has 0 aliphatic heterocycles. The fourth-order valence-corrected chi connectivity index (χ4v) is 2.36. The third-order valence-corrected chi connectivity index (χ3v) is 3.68. The predicted molar refractivity (Wildman–Crippen MR) is 84.5 cm³/mol. The summed E-state index contributed by atoms with van der Waals surface area (Å²) in [5.41, 5.74) is 1.48. The number of rotatable bonds is 3. The second-order valence-corrected chi connectivity index (χ2v) is 5.17. The number of ether oxygens (including phenoxy) is 1. The minimum Gasteiger partial charge on any atom is -0.464 e. The molecule has 6 nitrogen and oxygen atoms in total. The van der Waals surface area contributed by atoms with Crippen LogP contribution in [0.4, 0.5) is 16.0 Å². The van der Waals surface area contributed by atoms with E-state index in [9.17, 15) is 9.18 Å². The van der Waals surface area contributed by atoms with Crippen LogP contribution in [-0.2, 0) is 11.8 Å². The molecule has 0 amide bonds. The molecule has 3 rings (SSSR count). The van der Waals surface area contributed by atoms with E-state index < -0.39 is 11.8 Å². The maximum Gasteiger partial charge on any atom is 0.356 e. The Morgan fingerprint density at radius 3 is 2.91 bits per heavy atom. The van der Waals surface area contributed by atoms with E-state index in [4.69, 9.17) is 11.6 Å². The fourth-order valence-electron chi connectivity index (χ4n) is 2.15. The number of hydrogen-bond donors (Lipinski definition) is 1. The van der Waals surface area contributed by atoms with Crippen LogP contribution >= 0.6 is 11.6 Å². The lowest BCUT2D eigenvalue weighted by molar-refractivity contribution is 0.0594. The molecule has 1 N–H and O–H groups in total. The molecule has 0 fully saturated rings. The molecule has 23 heavy (non-hydrogen) atoms. The number of esters is 1. The Balaban J connectivity index is 2.05. The molecule has 8 heteroatoms. The number of pyridine rings is 1. The standard InChI is InChI=1S/C15H12ClFN4O2/c1-21-12-7-18-11(14(22)23-2)6-10(12)19-15(21)20-13-8(16)4-3-5-9(13)17/h3-7H,1-2H3,(H,19,20). The zero-order valence-corrected chi connectivity index (χ0v) is 13.1. The zero-order chi connectivity index (χ0) is 16.6. The predicted octanol–water partition coefficient (Wildman–Crippen LogP) is 3.29. The van der Waals surface area contributed by atoms with E-state index in [-0.39, 0.29) is 16.4 Å². The maximum absolute atomic E-state index is 13.9.